The normalized spacial score (nSPS) is 27.9. The molecule has 2 aliphatic heterocycles. The molecule has 0 aliphatic carbocycles. The van der Waals surface area contributed by atoms with Crippen LogP contribution in [0.25, 0.3) is 0 Å². The smallest absolute Gasteiger partial charge is 0.284 e. The molecule has 0 unspecified atom stereocenters. The number of benzene rings is 1. The molecule has 0 amide bonds. The molecule has 1 fully saturated rings. The summed E-state index contributed by atoms with van der Waals surface area (Å²) in [6, 6.07) is 6.06. The molecule has 0 atom stereocenters. The van der Waals surface area contributed by atoms with Gasteiger partial charge in [0.25, 0.3) is 5.91 Å². The number of ether oxygens (including phenoxy) is 2. The van der Waals surface area contributed by atoms with Gasteiger partial charge in [0.2, 0.25) is 0 Å². The summed E-state index contributed by atoms with van der Waals surface area (Å²) in [6.45, 7) is 8.01. The molecule has 0 saturated carbocycles. The van der Waals surface area contributed by atoms with Crippen molar-refractivity contribution >= 4 is 11.5 Å². The summed E-state index contributed by atoms with van der Waals surface area (Å²) in [7, 11) is 0. The molecular weight excluding hydrogens is 242 g/mol. The molecule has 1 aromatic carbocycles. The lowest BCUT2D eigenvalue weighted by atomic mass is 10.1. The maximum Gasteiger partial charge on any atom is 0.284 e. The largest absolute Gasteiger partial charge is 0.372 e. The standard InChI is InChI=1S/C14H19N3O2/c1-4-17(5-2)10-6-7-11-12(8-10)14(16-13(11)15)18-9(3)19-14/h6-9H,4-5H2,1-3H3,(H2,15,16). The summed E-state index contributed by atoms with van der Waals surface area (Å²) >= 11 is 0. The number of anilines is 1. The zero-order valence-corrected chi connectivity index (χ0v) is 11.5. The van der Waals surface area contributed by atoms with Crippen molar-refractivity contribution in [2.45, 2.75) is 33.0 Å². The Kier molecular flexibility index (Phi) is 2.76. The average molecular weight is 261 g/mol. The highest BCUT2D eigenvalue weighted by Gasteiger charge is 2.53. The van der Waals surface area contributed by atoms with Crippen LogP contribution in [0.5, 0.6) is 0 Å². The molecular formula is C14H19N3O2. The van der Waals surface area contributed by atoms with Crippen molar-refractivity contribution in [1.82, 2.24) is 5.32 Å². The van der Waals surface area contributed by atoms with Crippen molar-refractivity contribution in [1.29, 1.82) is 5.41 Å². The molecule has 3 rings (SSSR count). The number of hydrogen-bond donors (Lipinski definition) is 2. The number of hydrogen-bond acceptors (Lipinski definition) is 4. The van der Waals surface area contributed by atoms with Gasteiger partial charge in [-0.05, 0) is 39.0 Å². The molecule has 5 nitrogen and oxygen atoms in total. The van der Waals surface area contributed by atoms with Gasteiger partial charge in [-0.2, -0.15) is 0 Å². The van der Waals surface area contributed by atoms with Crippen LogP contribution in [0.4, 0.5) is 5.69 Å². The fraction of sp³-hybridized carbons (Fsp3) is 0.500. The van der Waals surface area contributed by atoms with Gasteiger partial charge in [-0.15, -0.1) is 0 Å². The lowest BCUT2D eigenvalue weighted by Gasteiger charge is -2.43. The molecule has 1 aromatic rings. The Bertz CT molecular complexity index is 519. The van der Waals surface area contributed by atoms with E-state index in [0.29, 0.717) is 5.84 Å². The highest BCUT2D eigenvalue weighted by atomic mass is 16.9. The first-order valence-electron chi connectivity index (χ1n) is 6.72. The van der Waals surface area contributed by atoms with Gasteiger partial charge < -0.3 is 10.2 Å². The van der Waals surface area contributed by atoms with E-state index in [1.165, 1.54) is 0 Å². The first-order chi connectivity index (χ1) is 9.09. The van der Waals surface area contributed by atoms with Crippen LogP contribution in [0.15, 0.2) is 18.2 Å². The summed E-state index contributed by atoms with van der Waals surface area (Å²) in [6.07, 6.45) is -0.233. The fourth-order valence-electron chi connectivity index (χ4n) is 2.77. The number of amidine groups is 1. The van der Waals surface area contributed by atoms with Crippen LogP contribution in [0.2, 0.25) is 0 Å². The zero-order valence-electron chi connectivity index (χ0n) is 11.5. The Morgan fingerprint density at radius 1 is 1.32 bits per heavy atom. The van der Waals surface area contributed by atoms with E-state index in [1.807, 2.05) is 19.1 Å². The average Bonchev–Trinajstić information content (AvgIpc) is 2.64. The summed E-state index contributed by atoms with van der Waals surface area (Å²) < 4.78 is 11.4. The summed E-state index contributed by atoms with van der Waals surface area (Å²) in [4.78, 5) is 2.26. The van der Waals surface area contributed by atoms with Crippen molar-refractivity contribution in [2.75, 3.05) is 18.0 Å². The predicted octanol–water partition coefficient (Wildman–Crippen LogP) is 1.96. The molecule has 0 radical (unpaired) electrons. The third-order valence-corrected chi connectivity index (χ3v) is 3.71. The monoisotopic (exact) mass is 261 g/mol. The van der Waals surface area contributed by atoms with E-state index >= 15 is 0 Å². The van der Waals surface area contributed by atoms with Crippen LogP contribution < -0.4 is 10.2 Å². The van der Waals surface area contributed by atoms with Crippen molar-refractivity contribution < 1.29 is 9.47 Å². The van der Waals surface area contributed by atoms with E-state index in [9.17, 15) is 0 Å². The molecule has 5 heteroatoms. The molecule has 102 valence electrons. The lowest BCUT2D eigenvalue weighted by molar-refractivity contribution is -0.461. The molecule has 0 aromatic heterocycles. The van der Waals surface area contributed by atoms with Gasteiger partial charge in [-0.3, -0.25) is 14.9 Å². The van der Waals surface area contributed by atoms with Gasteiger partial charge >= 0.3 is 0 Å². The molecule has 2 N–H and O–H groups in total. The van der Waals surface area contributed by atoms with Crippen LogP contribution in [-0.2, 0) is 15.4 Å². The topological polar surface area (TPSA) is 57.6 Å². The van der Waals surface area contributed by atoms with Gasteiger partial charge in [0.1, 0.15) is 5.84 Å². The van der Waals surface area contributed by atoms with Crippen LogP contribution in [0, 0.1) is 5.41 Å². The Hall–Kier alpha value is -1.59. The first-order valence-corrected chi connectivity index (χ1v) is 6.72. The molecule has 19 heavy (non-hydrogen) atoms. The van der Waals surface area contributed by atoms with Crippen molar-refractivity contribution in [3.8, 4) is 0 Å². The maximum atomic E-state index is 7.97. The van der Waals surface area contributed by atoms with Crippen LogP contribution >= 0.6 is 0 Å². The lowest BCUT2D eigenvalue weighted by Crippen LogP contribution is -2.57. The van der Waals surface area contributed by atoms with Gasteiger partial charge in [-0.1, -0.05) is 0 Å². The van der Waals surface area contributed by atoms with E-state index in [1.54, 1.807) is 0 Å². The van der Waals surface area contributed by atoms with E-state index in [-0.39, 0.29) is 6.29 Å². The van der Waals surface area contributed by atoms with E-state index in [0.717, 1.165) is 29.9 Å². The second-order valence-corrected chi connectivity index (χ2v) is 4.82. The summed E-state index contributed by atoms with van der Waals surface area (Å²) in [5, 5.41) is 11.0. The van der Waals surface area contributed by atoms with Gasteiger partial charge in [0.05, 0.1) is 0 Å². The van der Waals surface area contributed by atoms with E-state index < -0.39 is 5.91 Å². The SMILES string of the molecule is CCN(CC)c1ccc2c(c1)C1(NC2=N)OC(C)O1. The van der Waals surface area contributed by atoms with Gasteiger partial charge in [0.15, 0.2) is 6.29 Å². The maximum absolute atomic E-state index is 7.97. The van der Waals surface area contributed by atoms with Crippen molar-refractivity contribution in [3.05, 3.63) is 29.3 Å². The Labute approximate surface area is 113 Å². The quantitative estimate of drug-likeness (QED) is 0.873. The molecule has 2 heterocycles. The minimum Gasteiger partial charge on any atom is -0.372 e. The highest BCUT2D eigenvalue weighted by molar-refractivity contribution is 6.01. The number of rotatable bonds is 3. The molecule has 0 bridgehead atoms. The molecule has 2 aliphatic rings. The Morgan fingerprint density at radius 3 is 2.58 bits per heavy atom. The zero-order chi connectivity index (χ0) is 13.6. The molecule has 1 saturated heterocycles. The Morgan fingerprint density at radius 2 is 2.00 bits per heavy atom. The van der Waals surface area contributed by atoms with Crippen LogP contribution in [-0.4, -0.2) is 25.2 Å². The minimum absolute atomic E-state index is 0.233. The number of nitrogens with zero attached hydrogens (tertiary/aromatic N) is 1. The van der Waals surface area contributed by atoms with Crippen LogP contribution in [0.3, 0.4) is 0 Å². The van der Waals surface area contributed by atoms with E-state index in [2.05, 4.69) is 30.1 Å². The third kappa shape index (κ3) is 1.73. The summed E-state index contributed by atoms with van der Waals surface area (Å²) in [5.74, 6) is -0.581. The number of nitrogens with one attached hydrogen (secondary N) is 2. The second kappa shape index (κ2) is 4.21. The summed E-state index contributed by atoms with van der Waals surface area (Å²) in [5.41, 5.74) is 2.88. The van der Waals surface area contributed by atoms with Crippen molar-refractivity contribution in [3.63, 3.8) is 0 Å². The highest BCUT2D eigenvalue weighted by Crippen LogP contribution is 2.43. The second-order valence-electron chi connectivity index (χ2n) is 4.82. The van der Waals surface area contributed by atoms with Crippen molar-refractivity contribution in [2.24, 2.45) is 0 Å². The predicted molar refractivity (Wildman–Crippen MR) is 73.3 cm³/mol. The van der Waals surface area contributed by atoms with Gasteiger partial charge in [0, 0.05) is 29.9 Å². The molecule has 1 spiro atoms. The third-order valence-electron chi connectivity index (χ3n) is 3.71. The minimum atomic E-state index is -0.936. The van der Waals surface area contributed by atoms with E-state index in [4.69, 9.17) is 14.9 Å². The van der Waals surface area contributed by atoms with Crippen LogP contribution in [0.1, 0.15) is 31.9 Å². The Balaban J connectivity index is 2.02. The fourth-order valence-corrected chi connectivity index (χ4v) is 2.77. The number of fused-ring (bicyclic) bond motifs is 2. The first kappa shape index (κ1) is 12.4. The van der Waals surface area contributed by atoms with Gasteiger partial charge in [-0.25, -0.2) is 0 Å².